The fourth-order valence-corrected chi connectivity index (χ4v) is 4.03. The number of hydrogen-bond donors (Lipinski definition) is 1. The van der Waals surface area contributed by atoms with Gasteiger partial charge >= 0.3 is 0 Å². The van der Waals surface area contributed by atoms with E-state index < -0.39 is 5.79 Å². The fourth-order valence-electron chi connectivity index (χ4n) is 4.03. The van der Waals surface area contributed by atoms with Crippen LogP contribution in [0.3, 0.4) is 0 Å². The zero-order valence-electron chi connectivity index (χ0n) is 13.2. The smallest absolute Gasteiger partial charge is 0.163 e. The Morgan fingerprint density at radius 3 is 2.86 bits per heavy atom. The summed E-state index contributed by atoms with van der Waals surface area (Å²) in [7, 11) is 0. The van der Waals surface area contributed by atoms with Gasteiger partial charge in [-0.1, -0.05) is 13.3 Å². The van der Waals surface area contributed by atoms with Gasteiger partial charge in [-0.3, -0.25) is 0 Å². The van der Waals surface area contributed by atoms with Gasteiger partial charge in [0.2, 0.25) is 0 Å². The average Bonchev–Trinajstić information content (AvgIpc) is 3.10. The van der Waals surface area contributed by atoms with E-state index in [0.29, 0.717) is 11.7 Å². The number of rotatable bonds is 2. The van der Waals surface area contributed by atoms with Gasteiger partial charge in [-0.15, -0.1) is 0 Å². The summed E-state index contributed by atoms with van der Waals surface area (Å²) in [6.07, 6.45) is 3.89. The van der Waals surface area contributed by atoms with Crippen molar-refractivity contribution in [3.05, 3.63) is 24.2 Å². The third-order valence-electron chi connectivity index (χ3n) is 5.00. The second-order valence-corrected chi connectivity index (χ2v) is 6.78. The van der Waals surface area contributed by atoms with Gasteiger partial charge in [0.05, 0.1) is 12.2 Å². The maximum atomic E-state index is 6.21. The van der Waals surface area contributed by atoms with Crippen LogP contribution in [0, 0.1) is 5.92 Å². The first-order chi connectivity index (χ1) is 10.5. The Bertz CT molecular complexity index is 711. The van der Waals surface area contributed by atoms with Crippen molar-refractivity contribution < 1.29 is 9.47 Å². The number of hydrogen-bond acceptors (Lipinski definition) is 5. The van der Waals surface area contributed by atoms with Crippen molar-refractivity contribution >= 4 is 11.3 Å². The average molecular weight is 302 g/mol. The maximum Gasteiger partial charge on any atom is 0.163 e. The fraction of sp³-hybridized carbons (Fsp3) is 0.625. The van der Waals surface area contributed by atoms with Gasteiger partial charge in [-0.05, 0) is 38.3 Å². The molecule has 2 aromatic rings. The van der Waals surface area contributed by atoms with Crippen molar-refractivity contribution in [3.63, 3.8) is 0 Å². The van der Waals surface area contributed by atoms with Crippen LogP contribution in [0.4, 0.5) is 5.82 Å². The number of ether oxygens (including phenoxy) is 2. The minimum atomic E-state index is -0.511. The SMILES string of the molecule is CC[C@H]1C[C@@H](c2ccc3c(N)ncnn23)[C@@H]2OC(C)(C)O[C@H]12. The molecule has 1 aliphatic carbocycles. The van der Waals surface area contributed by atoms with E-state index in [-0.39, 0.29) is 18.1 Å². The molecule has 0 unspecified atom stereocenters. The van der Waals surface area contributed by atoms with Crippen molar-refractivity contribution in [1.29, 1.82) is 0 Å². The van der Waals surface area contributed by atoms with Gasteiger partial charge in [0, 0.05) is 11.6 Å². The predicted molar refractivity (Wildman–Crippen MR) is 82.4 cm³/mol. The Hall–Kier alpha value is -1.66. The predicted octanol–water partition coefficient (Wildman–Crippen LogP) is 2.35. The molecule has 4 atom stereocenters. The minimum absolute atomic E-state index is 0.0780. The summed E-state index contributed by atoms with van der Waals surface area (Å²) in [4.78, 5) is 4.06. The highest BCUT2D eigenvalue weighted by atomic mass is 16.8. The van der Waals surface area contributed by atoms with Crippen LogP contribution in [0.5, 0.6) is 0 Å². The number of anilines is 1. The second kappa shape index (κ2) is 4.67. The number of nitrogen functional groups attached to an aromatic ring is 1. The van der Waals surface area contributed by atoms with Crippen LogP contribution in [-0.4, -0.2) is 32.6 Å². The van der Waals surface area contributed by atoms with Gasteiger partial charge in [0.1, 0.15) is 11.8 Å². The largest absolute Gasteiger partial charge is 0.382 e. The van der Waals surface area contributed by atoms with Crippen LogP contribution in [-0.2, 0) is 9.47 Å². The lowest BCUT2D eigenvalue weighted by molar-refractivity contribution is -0.158. The van der Waals surface area contributed by atoms with E-state index in [0.717, 1.165) is 24.1 Å². The maximum absolute atomic E-state index is 6.21. The minimum Gasteiger partial charge on any atom is -0.382 e. The molecule has 22 heavy (non-hydrogen) atoms. The zero-order valence-corrected chi connectivity index (χ0v) is 13.2. The molecule has 0 amide bonds. The van der Waals surface area contributed by atoms with Gasteiger partial charge in [0.15, 0.2) is 11.6 Å². The molecule has 6 nitrogen and oxygen atoms in total. The van der Waals surface area contributed by atoms with E-state index in [1.165, 1.54) is 6.33 Å². The number of nitrogens with zero attached hydrogens (tertiary/aromatic N) is 3. The standard InChI is InChI=1S/C16H22N4O2/c1-4-9-7-10(14-13(9)21-16(2,3)22-14)11-5-6-12-15(17)18-8-19-20(11)12/h5-6,8-10,13-14H,4,7H2,1-3H3,(H2,17,18,19)/t9-,10-,13+,14-/m0/s1. The van der Waals surface area contributed by atoms with Gasteiger partial charge in [0.25, 0.3) is 0 Å². The molecule has 0 spiro atoms. The Labute approximate surface area is 129 Å². The molecule has 118 valence electrons. The quantitative estimate of drug-likeness (QED) is 0.921. The molecule has 4 rings (SSSR count). The van der Waals surface area contributed by atoms with E-state index in [1.807, 2.05) is 24.4 Å². The molecule has 0 radical (unpaired) electrons. The molecule has 2 N–H and O–H groups in total. The van der Waals surface area contributed by atoms with Crippen molar-refractivity contribution in [2.24, 2.45) is 5.92 Å². The van der Waals surface area contributed by atoms with Gasteiger partial charge < -0.3 is 15.2 Å². The van der Waals surface area contributed by atoms with Crippen LogP contribution in [0.25, 0.3) is 5.52 Å². The number of nitrogens with two attached hydrogens (primary N) is 1. The van der Waals surface area contributed by atoms with E-state index >= 15 is 0 Å². The lowest BCUT2D eigenvalue weighted by Crippen LogP contribution is -2.25. The van der Waals surface area contributed by atoms with Crippen LogP contribution < -0.4 is 5.73 Å². The molecule has 2 aliphatic rings. The molecular weight excluding hydrogens is 280 g/mol. The summed E-state index contributed by atoms with van der Waals surface area (Å²) in [6.45, 7) is 6.20. The Morgan fingerprint density at radius 2 is 2.09 bits per heavy atom. The molecule has 1 saturated heterocycles. The molecule has 1 saturated carbocycles. The van der Waals surface area contributed by atoms with E-state index in [1.54, 1.807) is 0 Å². The van der Waals surface area contributed by atoms with Crippen molar-refractivity contribution in [2.45, 2.75) is 57.5 Å². The monoisotopic (exact) mass is 302 g/mol. The van der Waals surface area contributed by atoms with Crippen molar-refractivity contribution in [2.75, 3.05) is 5.73 Å². The molecule has 1 aliphatic heterocycles. The summed E-state index contributed by atoms with van der Waals surface area (Å²) >= 11 is 0. The summed E-state index contributed by atoms with van der Waals surface area (Å²) in [6, 6.07) is 4.08. The first kappa shape index (κ1) is 14.0. The first-order valence-corrected chi connectivity index (χ1v) is 7.94. The molecule has 0 aromatic carbocycles. The molecular formula is C16H22N4O2. The van der Waals surface area contributed by atoms with E-state index in [9.17, 15) is 0 Å². The number of fused-ring (bicyclic) bond motifs is 2. The Kier molecular flexibility index (Phi) is 2.96. The summed E-state index contributed by atoms with van der Waals surface area (Å²) in [5, 5.41) is 4.38. The van der Waals surface area contributed by atoms with Gasteiger partial charge in [-0.2, -0.15) is 5.10 Å². The van der Waals surface area contributed by atoms with Gasteiger partial charge in [-0.25, -0.2) is 9.50 Å². The van der Waals surface area contributed by atoms with Crippen LogP contribution in [0.15, 0.2) is 18.5 Å². The second-order valence-electron chi connectivity index (χ2n) is 6.78. The third kappa shape index (κ3) is 1.94. The molecule has 6 heteroatoms. The summed E-state index contributed by atoms with van der Waals surface area (Å²) in [5.41, 5.74) is 7.93. The van der Waals surface area contributed by atoms with Crippen molar-refractivity contribution in [1.82, 2.24) is 14.6 Å². The topological polar surface area (TPSA) is 74.7 Å². The highest BCUT2D eigenvalue weighted by Crippen LogP contribution is 2.50. The van der Waals surface area contributed by atoms with Crippen LogP contribution >= 0.6 is 0 Å². The Morgan fingerprint density at radius 1 is 1.32 bits per heavy atom. The highest BCUT2D eigenvalue weighted by molar-refractivity contribution is 5.65. The van der Waals surface area contributed by atoms with Crippen LogP contribution in [0.2, 0.25) is 0 Å². The zero-order chi connectivity index (χ0) is 15.5. The lowest BCUT2D eigenvalue weighted by Gasteiger charge is -2.23. The molecule has 2 aromatic heterocycles. The normalized spacial score (nSPS) is 33.4. The van der Waals surface area contributed by atoms with E-state index in [2.05, 4.69) is 23.1 Å². The highest BCUT2D eigenvalue weighted by Gasteiger charge is 2.54. The van der Waals surface area contributed by atoms with E-state index in [4.69, 9.17) is 15.2 Å². The Balaban J connectivity index is 1.77. The summed E-state index contributed by atoms with van der Waals surface area (Å²) in [5.74, 6) is 0.782. The van der Waals surface area contributed by atoms with Crippen LogP contribution in [0.1, 0.15) is 45.2 Å². The number of aromatic nitrogens is 3. The van der Waals surface area contributed by atoms with Crippen molar-refractivity contribution in [3.8, 4) is 0 Å². The molecule has 3 heterocycles. The third-order valence-corrected chi connectivity index (χ3v) is 5.00. The lowest BCUT2D eigenvalue weighted by atomic mass is 9.99. The molecule has 2 fully saturated rings. The first-order valence-electron chi connectivity index (χ1n) is 7.94. The molecule has 0 bridgehead atoms. The summed E-state index contributed by atoms with van der Waals surface area (Å²) < 4.78 is 14.3.